The summed E-state index contributed by atoms with van der Waals surface area (Å²) in [7, 11) is 0. The van der Waals surface area contributed by atoms with E-state index in [9.17, 15) is 8.78 Å². The van der Waals surface area contributed by atoms with Gasteiger partial charge >= 0.3 is 0 Å². The van der Waals surface area contributed by atoms with Crippen molar-refractivity contribution >= 4 is 29.0 Å². The van der Waals surface area contributed by atoms with Crippen LogP contribution in [0.1, 0.15) is 50.7 Å². The van der Waals surface area contributed by atoms with Crippen LogP contribution in [0.2, 0.25) is 0 Å². The minimum absolute atomic E-state index is 0.0567. The Morgan fingerprint density at radius 1 is 1.08 bits per heavy atom. The number of unbranched alkanes of at least 4 members (excludes halogenated alkanes) is 2. The first kappa shape index (κ1) is 26.1. The number of nitrogens with one attached hydrogen (secondary N) is 1. The number of nitrogen functional groups attached to an aromatic ring is 1. The maximum absolute atomic E-state index is 14.0. The van der Waals surface area contributed by atoms with Crippen LogP contribution in [0, 0.1) is 0 Å². The van der Waals surface area contributed by atoms with Gasteiger partial charge in [-0.15, -0.1) is 0 Å². The van der Waals surface area contributed by atoms with Gasteiger partial charge in [-0.2, -0.15) is 0 Å². The molecule has 0 amide bonds. The molecule has 0 atom stereocenters. The SMILES string of the molecule is C=C(Nc1cccc(C2=CN=CC2)c1)N(CCCCC)c1nc(-c2cccc(C(C)(F)F)c2)ccc1N. The molecule has 1 aliphatic heterocycles. The van der Waals surface area contributed by atoms with Crippen LogP contribution < -0.4 is 16.0 Å². The Morgan fingerprint density at radius 2 is 1.86 bits per heavy atom. The van der Waals surface area contributed by atoms with Crippen LogP contribution in [0.5, 0.6) is 0 Å². The predicted octanol–water partition coefficient (Wildman–Crippen LogP) is 7.84. The molecule has 0 bridgehead atoms. The number of nitrogens with two attached hydrogens (primary N) is 1. The molecule has 2 heterocycles. The third-order valence-corrected chi connectivity index (χ3v) is 6.31. The van der Waals surface area contributed by atoms with E-state index in [-0.39, 0.29) is 5.56 Å². The molecular weight excluding hydrogens is 468 g/mol. The topological polar surface area (TPSA) is 66.5 Å². The molecule has 7 heteroatoms. The maximum Gasteiger partial charge on any atom is 0.270 e. The minimum atomic E-state index is -2.94. The van der Waals surface area contributed by atoms with Gasteiger partial charge in [0.1, 0.15) is 5.82 Å². The molecule has 0 spiro atoms. The number of aromatic nitrogens is 1. The van der Waals surface area contributed by atoms with Gasteiger partial charge < -0.3 is 16.0 Å². The fourth-order valence-corrected chi connectivity index (χ4v) is 4.25. The van der Waals surface area contributed by atoms with E-state index in [2.05, 4.69) is 35.9 Å². The van der Waals surface area contributed by atoms with Gasteiger partial charge in [-0.1, -0.05) is 56.7 Å². The van der Waals surface area contributed by atoms with Gasteiger partial charge in [-0.25, -0.2) is 13.8 Å². The molecular formula is C30H33F2N5. The molecule has 4 rings (SSSR count). The molecule has 0 fully saturated rings. The lowest BCUT2D eigenvalue weighted by atomic mass is 10.0. The third-order valence-electron chi connectivity index (χ3n) is 6.31. The van der Waals surface area contributed by atoms with Gasteiger partial charge in [0, 0.05) is 49.1 Å². The lowest BCUT2D eigenvalue weighted by Crippen LogP contribution is -2.29. The smallest absolute Gasteiger partial charge is 0.270 e. The number of aliphatic imine (C=N–C) groups is 1. The van der Waals surface area contributed by atoms with Gasteiger partial charge in [0.2, 0.25) is 0 Å². The standard InChI is InChI=1S/C30H33F2N5/c1-4-5-6-17-37(21(2)35-26-12-8-9-22(19-26)24-15-16-34-20-24)29-27(33)13-14-28(36-29)23-10-7-11-25(18-23)30(3,31)32/h7-14,16,18-20,35H,2,4-6,15,17,33H2,1,3H3. The first-order valence-electron chi connectivity index (χ1n) is 12.6. The summed E-state index contributed by atoms with van der Waals surface area (Å²) in [5.74, 6) is -1.76. The summed E-state index contributed by atoms with van der Waals surface area (Å²) in [5.41, 5.74) is 11.1. The minimum Gasteiger partial charge on any atom is -0.396 e. The Bertz CT molecular complexity index is 1320. The highest BCUT2D eigenvalue weighted by atomic mass is 19.3. The molecule has 1 aliphatic rings. The number of alkyl halides is 2. The first-order valence-corrected chi connectivity index (χ1v) is 12.6. The Morgan fingerprint density at radius 3 is 2.59 bits per heavy atom. The zero-order chi connectivity index (χ0) is 26.4. The number of pyridine rings is 1. The normalized spacial score (nSPS) is 12.9. The lowest BCUT2D eigenvalue weighted by molar-refractivity contribution is 0.0175. The molecule has 1 aromatic heterocycles. The average Bonchev–Trinajstić information content (AvgIpc) is 3.42. The Labute approximate surface area is 217 Å². The van der Waals surface area contributed by atoms with Gasteiger partial charge in [0.15, 0.2) is 5.82 Å². The molecule has 0 aliphatic carbocycles. The zero-order valence-electron chi connectivity index (χ0n) is 21.3. The highest BCUT2D eigenvalue weighted by Crippen LogP contribution is 2.33. The second kappa shape index (κ2) is 11.4. The van der Waals surface area contributed by atoms with Crippen molar-refractivity contribution in [1.82, 2.24) is 4.98 Å². The van der Waals surface area contributed by atoms with E-state index in [4.69, 9.17) is 10.7 Å². The van der Waals surface area contributed by atoms with Crippen LogP contribution in [0.25, 0.3) is 16.8 Å². The number of hydrogen-bond acceptors (Lipinski definition) is 5. The molecule has 3 N–H and O–H groups in total. The van der Waals surface area contributed by atoms with Crippen LogP contribution in [0.15, 0.2) is 84.3 Å². The number of anilines is 3. The summed E-state index contributed by atoms with van der Waals surface area (Å²) in [5, 5.41) is 3.42. The van der Waals surface area contributed by atoms with E-state index < -0.39 is 5.92 Å². The molecule has 0 saturated heterocycles. The van der Waals surface area contributed by atoms with Crippen LogP contribution in [0.3, 0.4) is 0 Å². The second-order valence-electron chi connectivity index (χ2n) is 9.28. The third kappa shape index (κ3) is 6.42. The summed E-state index contributed by atoms with van der Waals surface area (Å²) in [4.78, 5) is 11.0. The van der Waals surface area contributed by atoms with Crippen molar-refractivity contribution in [2.24, 2.45) is 4.99 Å². The van der Waals surface area contributed by atoms with E-state index in [0.717, 1.165) is 49.4 Å². The van der Waals surface area contributed by atoms with Crippen molar-refractivity contribution < 1.29 is 8.78 Å². The maximum atomic E-state index is 14.0. The van der Waals surface area contributed by atoms with Crippen molar-refractivity contribution in [3.05, 3.63) is 90.4 Å². The van der Waals surface area contributed by atoms with Crippen LogP contribution >= 0.6 is 0 Å². The van der Waals surface area contributed by atoms with E-state index in [1.807, 2.05) is 29.4 Å². The quantitative estimate of drug-likeness (QED) is 0.263. The zero-order valence-corrected chi connectivity index (χ0v) is 21.3. The number of benzene rings is 2. The summed E-state index contributed by atoms with van der Waals surface area (Å²) < 4.78 is 27.9. The monoisotopic (exact) mass is 501 g/mol. The largest absolute Gasteiger partial charge is 0.396 e. The molecule has 3 aromatic rings. The summed E-state index contributed by atoms with van der Waals surface area (Å²) >= 11 is 0. The van der Waals surface area contributed by atoms with Gasteiger partial charge in [-0.05, 0) is 47.9 Å². The lowest BCUT2D eigenvalue weighted by Gasteiger charge is -2.28. The highest BCUT2D eigenvalue weighted by molar-refractivity contribution is 5.85. The summed E-state index contributed by atoms with van der Waals surface area (Å²) in [6.07, 6.45) is 7.61. The van der Waals surface area contributed by atoms with Crippen molar-refractivity contribution in [2.45, 2.75) is 45.5 Å². The fourth-order valence-electron chi connectivity index (χ4n) is 4.25. The number of hydrogen-bond donors (Lipinski definition) is 2. The van der Waals surface area contributed by atoms with E-state index in [0.29, 0.717) is 35.1 Å². The van der Waals surface area contributed by atoms with Crippen LogP contribution in [0.4, 0.5) is 26.0 Å². The molecule has 37 heavy (non-hydrogen) atoms. The molecule has 192 valence electrons. The Kier molecular flexibility index (Phi) is 8.01. The van der Waals surface area contributed by atoms with Crippen LogP contribution in [-0.2, 0) is 5.92 Å². The number of allylic oxidation sites excluding steroid dienone is 1. The highest BCUT2D eigenvalue weighted by Gasteiger charge is 2.25. The van der Waals surface area contributed by atoms with Crippen molar-refractivity contribution in [3.8, 4) is 11.3 Å². The van der Waals surface area contributed by atoms with Gasteiger partial charge in [0.25, 0.3) is 5.92 Å². The van der Waals surface area contributed by atoms with E-state index >= 15 is 0 Å². The molecule has 0 saturated carbocycles. The number of halogens is 2. The predicted molar refractivity (Wildman–Crippen MR) is 151 cm³/mol. The van der Waals surface area contributed by atoms with Crippen molar-refractivity contribution in [1.29, 1.82) is 0 Å². The van der Waals surface area contributed by atoms with E-state index in [1.54, 1.807) is 24.3 Å². The number of nitrogens with zero attached hydrogens (tertiary/aromatic N) is 3. The average molecular weight is 502 g/mol. The first-order chi connectivity index (χ1) is 17.8. The summed E-state index contributed by atoms with van der Waals surface area (Å²) in [6.45, 7) is 8.00. The Balaban J connectivity index is 1.64. The summed E-state index contributed by atoms with van der Waals surface area (Å²) in [6, 6.07) is 17.9. The number of rotatable bonds is 11. The van der Waals surface area contributed by atoms with E-state index in [1.165, 1.54) is 12.1 Å². The molecule has 5 nitrogen and oxygen atoms in total. The second-order valence-corrected chi connectivity index (χ2v) is 9.28. The van der Waals surface area contributed by atoms with Crippen LogP contribution in [-0.4, -0.2) is 17.7 Å². The van der Waals surface area contributed by atoms with Gasteiger partial charge in [0.05, 0.1) is 11.4 Å². The molecule has 0 radical (unpaired) electrons. The molecule has 0 unspecified atom stereocenters. The van der Waals surface area contributed by atoms with Crippen molar-refractivity contribution in [2.75, 3.05) is 22.5 Å². The molecule has 2 aromatic carbocycles. The van der Waals surface area contributed by atoms with Gasteiger partial charge in [-0.3, -0.25) is 4.99 Å². The fraction of sp³-hybridized carbons (Fsp3) is 0.267. The van der Waals surface area contributed by atoms with Crippen molar-refractivity contribution in [3.63, 3.8) is 0 Å². The Hall–Kier alpha value is -4.00.